The Bertz CT molecular complexity index is 458. The van der Waals surface area contributed by atoms with Crippen molar-refractivity contribution in [1.82, 2.24) is 15.1 Å². The molecule has 0 aliphatic carbocycles. The van der Waals surface area contributed by atoms with E-state index in [4.69, 9.17) is 0 Å². The predicted octanol–water partition coefficient (Wildman–Crippen LogP) is -0.437. The molecule has 122 valence electrons. The summed E-state index contributed by atoms with van der Waals surface area (Å²) in [4.78, 5) is 16.1. The van der Waals surface area contributed by atoms with Crippen molar-refractivity contribution >= 4 is 15.7 Å². The molecule has 2 aliphatic rings. The molecule has 1 atom stereocenters. The van der Waals surface area contributed by atoms with E-state index >= 15 is 0 Å². The highest BCUT2D eigenvalue weighted by atomic mass is 32.2. The molecule has 2 heterocycles. The Hall–Kier alpha value is -0.660. The molecule has 0 aromatic carbocycles. The largest absolute Gasteiger partial charge is 0.341 e. The van der Waals surface area contributed by atoms with Crippen LogP contribution in [0.5, 0.6) is 0 Å². The summed E-state index contributed by atoms with van der Waals surface area (Å²) in [5.74, 6) is 1.09. The Morgan fingerprint density at radius 2 is 1.95 bits per heavy atom. The number of hydrogen-bond donors (Lipinski definition) is 1. The van der Waals surface area contributed by atoms with Gasteiger partial charge in [-0.25, -0.2) is 8.42 Å². The molecular formula is C14H27N3O3S. The molecule has 0 bridgehead atoms. The first-order chi connectivity index (χ1) is 9.91. The van der Waals surface area contributed by atoms with Gasteiger partial charge in [0.1, 0.15) is 0 Å². The Balaban J connectivity index is 1.77. The van der Waals surface area contributed by atoms with Gasteiger partial charge >= 0.3 is 0 Å². The number of sulfone groups is 1. The van der Waals surface area contributed by atoms with Crippen LogP contribution in [0.25, 0.3) is 0 Å². The van der Waals surface area contributed by atoms with Crippen molar-refractivity contribution in [2.45, 2.75) is 25.3 Å². The number of nitrogens with zero attached hydrogens (tertiary/aromatic N) is 2. The van der Waals surface area contributed by atoms with Gasteiger partial charge in [-0.1, -0.05) is 0 Å². The molecule has 1 N–H and O–H groups in total. The molecule has 1 amide bonds. The molecular weight excluding hydrogens is 290 g/mol. The van der Waals surface area contributed by atoms with E-state index in [1.54, 1.807) is 11.9 Å². The summed E-state index contributed by atoms with van der Waals surface area (Å²) in [6, 6.07) is -0.135. The zero-order valence-electron chi connectivity index (χ0n) is 13.0. The summed E-state index contributed by atoms with van der Waals surface area (Å²) in [6.07, 6.45) is 2.82. The van der Waals surface area contributed by atoms with Crippen molar-refractivity contribution in [1.29, 1.82) is 0 Å². The molecule has 0 aromatic rings. The molecule has 0 saturated carbocycles. The number of amides is 1. The van der Waals surface area contributed by atoms with Gasteiger partial charge in [-0.2, -0.15) is 0 Å². The van der Waals surface area contributed by atoms with Crippen molar-refractivity contribution in [3.63, 3.8) is 0 Å². The van der Waals surface area contributed by atoms with Crippen LogP contribution in [0.4, 0.5) is 0 Å². The minimum atomic E-state index is -2.94. The van der Waals surface area contributed by atoms with Gasteiger partial charge in [-0.05, 0) is 51.9 Å². The Labute approximate surface area is 127 Å². The fourth-order valence-electron chi connectivity index (χ4n) is 3.22. The fourth-order valence-corrected chi connectivity index (χ4v) is 5.00. The lowest BCUT2D eigenvalue weighted by Gasteiger charge is -2.33. The van der Waals surface area contributed by atoms with Crippen LogP contribution >= 0.6 is 0 Å². The lowest BCUT2D eigenvalue weighted by molar-refractivity contribution is -0.133. The highest BCUT2D eigenvalue weighted by molar-refractivity contribution is 7.91. The van der Waals surface area contributed by atoms with Crippen LogP contribution < -0.4 is 5.32 Å². The molecule has 2 fully saturated rings. The van der Waals surface area contributed by atoms with Gasteiger partial charge in [0.2, 0.25) is 5.91 Å². The average Bonchev–Trinajstić information content (AvgIpc) is 2.80. The first-order valence-corrected chi connectivity index (χ1v) is 9.56. The Morgan fingerprint density at radius 1 is 1.29 bits per heavy atom. The van der Waals surface area contributed by atoms with Crippen LogP contribution in [0.1, 0.15) is 19.3 Å². The monoisotopic (exact) mass is 317 g/mol. The molecule has 7 heteroatoms. The topological polar surface area (TPSA) is 69.7 Å². The van der Waals surface area contributed by atoms with Crippen LogP contribution in [-0.2, 0) is 14.6 Å². The minimum absolute atomic E-state index is 0.0455. The molecule has 6 nitrogen and oxygen atoms in total. The maximum absolute atomic E-state index is 12.3. The summed E-state index contributed by atoms with van der Waals surface area (Å²) in [6.45, 7) is 3.37. The van der Waals surface area contributed by atoms with Gasteiger partial charge in [0.25, 0.3) is 0 Å². The molecule has 0 spiro atoms. The average molecular weight is 317 g/mol. The third kappa shape index (κ3) is 4.66. The Kier molecular flexibility index (Phi) is 5.62. The van der Waals surface area contributed by atoms with Crippen LogP contribution in [0, 0.1) is 5.92 Å². The zero-order valence-corrected chi connectivity index (χ0v) is 13.9. The predicted molar refractivity (Wildman–Crippen MR) is 82.9 cm³/mol. The van der Waals surface area contributed by atoms with E-state index in [1.165, 1.54) is 0 Å². The van der Waals surface area contributed by atoms with Crippen molar-refractivity contribution in [3.05, 3.63) is 0 Å². The second kappa shape index (κ2) is 7.07. The smallest absolute Gasteiger partial charge is 0.236 e. The van der Waals surface area contributed by atoms with E-state index in [0.29, 0.717) is 18.9 Å². The van der Waals surface area contributed by atoms with Gasteiger partial charge < -0.3 is 10.2 Å². The number of carbonyl (C=O) groups is 1. The first kappa shape index (κ1) is 16.7. The standard InChI is InChI=1S/C14H27N3O3S/c1-15-9-12-3-6-17(7-4-12)10-14(18)16(2)13-5-8-21(19,20)11-13/h12-13,15H,3-11H2,1-2H3. The molecule has 2 aliphatic heterocycles. The van der Waals surface area contributed by atoms with Crippen LogP contribution in [0.2, 0.25) is 0 Å². The first-order valence-electron chi connectivity index (χ1n) is 7.74. The van der Waals surface area contributed by atoms with E-state index in [-0.39, 0.29) is 23.5 Å². The summed E-state index contributed by atoms with van der Waals surface area (Å²) >= 11 is 0. The van der Waals surface area contributed by atoms with Crippen LogP contribution in [0.15, 0.2) is 0 Å². The minimum Gasteiger partial charge on any atom is -0.341 e. The van der Waals surface area contributed by atoms with E-state index in [9.17, 15) is 13.2 Å². The lowest BCUT2D eigenvalue weighted by atomic mass is 9.97. The molecule has 21 heavy (non-hydrogen) atoms. The molecule has 1 unspecified atom stereocenters. The van der Waals surface area contributed by atoms with Gasteiger partial charge in [0, 0.05) is 13.1 Å². The normalized spacial score (nSPS) is 26.9. The molecule has 0 radical (unpaired) electrons. The molecule has 2 rings (SSSR count). The van der Waals surface area contributed by atoms with Crippen molar-refractivity contribution in [2.24, 2.45) is 5.92 Å². The quantitative estimate of drug-likeness (QED) is 0.745. The number of nitrogens with one attached hydrogen (secondary N) is 1. The van der Waals surface area contributed by atoms with Crippen LogP contribution in [-0.4, -0.2) is 81.9 Å². The van der Waals surface area contributed by atoms with Gasteiger partial charge in [0.15, 0.2) is 9.84 Å². The zero-order chi connectivity index (χ0) is 15.5. The van der Waals surface area contributed by atoms with Crippen molar-refractivity contribution < 1.29 is 13.2 Å². The highest BCUT2D eigenvalue weighted by Crippen LogP contribution is 2.19. The maximum Gasteiger partial charge on any atom is 0.236 e. The number of carbonyl (C=O) groups excluding carboxylic acids is 1. The maximum atomic E-state index is 12.3. The summed E-state index contributed by atoms with van der Waals surface area (Å²) < 4.78 is 23.0. The van der Waals surface area contributed by atoms with Gasteiger partial charge in [0.05, 0.1) is 18.1 Å². The number of likely N-dealkylation sites (tertiary alicyclic amines) is 1. The van der Waals surface area contributed by atoms with E-state index in [1.807, 2.05) is 7.05 Å². The second-order valence-corrected chi connectivity index (χ2v) is 8.57. The summed E-state index contributed by atoms with van der Waals surface area (Å²) in [7, 11) is 0.775. The number of piperidine rings is 1. The van der Waals surface area contributed by atoms with Gasteiger partial charge in [-0.15, -0.1) is 0 Å². The number of likely N-dealkylation sites (N-methyl/N-ethyl adjacent to an activating group) is 1. The third-order valence-corrected chi connectivity index (χ3v) is 6.46. The molecule has 0 aromatic heterocycles. The number of rotatable bonds is 5. The third-order valence-electron chi connectivity index (χ3n) is 4.71. The summed E-state index contributed by atoms with van der Waals surface area (Å²) in [5, 5.41) is 3.21. The van der Waals surface area contributed by atoms with Crippen LogP contribution in [0.3, 0.4) is 0 Å². The van der Waals surface area contributed by atoms with E-state index in [0.717, 1.165) is 32.5 Å². The van der Waals surface area contributed by atoms with E-state index < -0.39 is 9.84 Å². The molecule has 2 saturated heterocycles. The van der Waals surface area contributed by atoms with Crippen molar-refractivity contribution in [3.8, 4) is 0 Å². The number of hydrogen-bond acceptors (Lipinski definition) is 5. The second-order valence-electron chi connectivity index (χ2n) is 6.34. The lowest BCUT2D eigenvalue weighted by Crippen LogP contribution is -2.46. The summed E-state index contributed by atoms with van der Waals surface area (Å²) in [5.41, 5.74) is 0. The highest BCUT2D eigenvalue weighted by Gasteiger charge is 2.33. The van der Waals surface area contributed by atoms with E-state index in [2.05, 4.69) is 10.2 Å². The Morgan fingerprint density at radius 3 is 2.48 bits per heavy atom. The fraction of sp³-hybridized carbons (Fsp3) is 0.929. The SMILES string of the molecule is CNCC1CCN(CC(=O)N(C)C2CCS(=O)(=O)C2)CC1. The van der Waals surface area contributed by atoms with Gasteiger partial charge in [-0.3, -0.25) is 9.69 Å². The van der Waals surface area contributed by atoms with Crippen molar-refractivity contribution in [2.75, 3.05) is 51.8 Å².